The Kier molecular flexibility index (Phi) is 7.59. The number of fused-ring (bicyclic) bond motifs is 2. The number of carboxylic acids is 1. The third kappa shape index (κ3) is 4.96. The number of thiophene rings is 1. The molecule has 0 fully saturated rings. The molecular weight excluding hydrogens is 598 g/mol. The minimum Gasteiger partial charge on any atom is -0.491 e. The molecule has 4 aromatic heterocycles. The number of carbonyl (C=O) groups is 1. The molecule has 0 aliphatic heterocycles. The molecule has 9 nitrogen and oxygen atoms in total. The number of aromatic nitrogens is 4. The normalized spacial score (nSPS) is 11.2. The molecule has 0 atom stereocenters. The highest BCUT2D eigenvalue weighted by atomic mass is 35.5. The van der Waals surface area contributed by atoms with Gasteiger partial charge in [-0.1, -0.05) is 29.8 Å². The number of carboxylic acid groups (broad SMARTS) is 1. The van der Waals surface area contributed by atoms with E-state index in [0.717, 1.165) is 15.8 Å². The minimum absolute atomic E-state index is 0.0599. The quantitative estimate of drug-likeness (QED) is 0.202. The van der Waals surface area contributed by atoms with E-state index < -0.39 is 5.97 Å². The van der Waals surface area contributed by atoms with Gasteiger partial charge in [0.05, 0.1) is 28.9 Å². The van der Waals surface area contributed by atoms with Crippen LogP contribution >= 0.6 is 22.9 Å². The van der Waals surface area contributed by atoms with Crippen LogP contribution in [0.3, 0.4) is 0 Å². The Morgan fingerprint density at radius 3 is 2.64 bits per heavy atom. The maximum atomic E-state index is 13.9. The summed E-state index contributed by atoms with van der Waals surface area (Å²) in [5.41, 5.74) is 4.23. The molecule has 0 radical (unpaired) electrons. The van der Waals surface area contributed by atoms with E-state index in [2.05, 4.69) is 21.0 Å². The highest BCUT2D eigenvalue weighted by Gasteiger charge is 2.21. The smallest absolute Gasteiger partial charge is 0.337 e. The van der Waals surface area contributed by atoms with Crippen molar-refractivity contribution < 1.29 is 14.6 Å². The van der Waals surface area contributed by atoms with Crippen LogP contribution in [-0.2, 0) is 6.54 Å². The molecule has 0 saturated carbocycles. The van der Waals surface area contributed by atoms with Gasteiger partial charge in [0.2, 0.25) is 0 Å². The monoisotopic (exact) mass is 621 g/mol. The second kappa shape index (κ2) is 11.5. The Hall–Kier alpha value is -5.11. The summed E-state index contributed by atoms with van der Waals surface area (Å²) in [4.78, 5) is 39.2. The zero-order chi connectivity index (χ0) is 31.1. The van der Waals surface area contributed by atoms with Gasteiger partial charge in [0.15, 0.2) is 5.69 Å². The first-order chi connectivity index (χ1) is 21.2. The van der Waals surface area contributed by atoms with E-state index in [1.807, 2.05) is 25.1 Å². The molecule has 6 aromatic rings. The molecule has 1 N–H and O–H groups in total. The maximum absolute atomic E-state index is 13.9. The number of benzene rings is 2. The molecule has 6 rings (SSSR count). The zero-order valence-corrected chi connectivity index (χ0v) is 25.5. The van der Waals surface area contributed by atoms with E-state index in [0.29, 0.717) is 49.9 Å². The molecule has 11 heteroatoms. The van der Waals surface area contributed by atoms with Crippen LogP contribution in [-0.4, -0.2) is 37.2 Å². The van der Waals surface area contributed by atoms with Crippen molar-refractivity contribution in [1.29, 1.82) is 5.26 Å². The number of halogens is 1. The summed E-state index contributed by atoms with van der Waals surface area (Å²) >= 11 is 7.75. The highest BCUT2D eigenvalue weighted by Crippen LogP contribution is 2.41. The lowest BCUT2D eigenvalue weighted by atomic mass is 9.98. The fourth-order valence-electron chi connectivity index (χ4n) is 5.40. The zero-order valence-electron chi connectivity index (χ0n) is 23.9. The highest BCUT2D eigenvalue weighted by molar-refractivity contribution is 7.18. The summed E-state index contributed by atoms with van der Waals surface area (Å²) in [5.74, 6) is -0.0245. The summed E-state index contributed by atoms with van der Waals surface area (Å²) in [7, 11) is 0. The van der Waals surface area contributed by atoms with Gasteiger partial charge in [0.1, 0.15) is 29.8 Å². The van der Waals surface area contributed by atoms with Crippen LogP contribution in [0.2, 0.25) is 5.02 Å². The van der Waals surface area contributed by atoms with Gasteiger partial charge in [-0.15, -0.1) is 11.3 Å². The summed E-state index contributed by atoms with van der Waals surface area (Å²) in [6.07, 6.45) is 1.63. The Morgan fingerprint density at radius 2 is 1.91 bits per heavy atom. The van der Waals surface area contributed by atoms with Crippen molar-refractivity contribution in [3.63, 3.8) is 0 Å². The molecule has 0 amide bonds. The molecule has 0 bridgehead atoms. The van der Waals surface area contributed by atoms with Crippen LogP contribution < -0.4 is 10.3 Å². The van der Waals surface area contributed by atoms with Crippen molar-refractivity contribution in [2.75, 3.05) is 6.61 Å². The molecule has 218 valence electrons. The Balaban J connectivity index is 1.37. The van der Waals surface area contributed by atoms with E-state index in [-0.39, 0.29) is 35.5 Å². The summed E-state index contributed by atoms with van der Waals surface area (Å²) in [5, 5.41) is 22.7. The minimum atomic E-state index is -0.982. The molecule has 2 aromatic carbocycles. The van der Waals surface area contributed by atoms with Gasteiger partial charge in [-0.3, -0.25) is 14.3 Å². The number of aryl methyl sites for hydroxylation is 3. The summed E-state index contributed by atoms with van der Waals surface area (Å²) in [6.45, 7) is 5.68. The van der Waals surface area contributed by atoms with E-state index in [1.165, 1.54) is 15.9 Å². The number of pyridine rings is 2. The number of nitriles is 1. The van der Waals surface area contributed by atoms with Gasteiger partial charge in [-0.2, -0.15) is 5.26 Å². The van der Waals surface area contributed by atoms with Crippen molar-refractivity contribution >= 4 is 49.9 Å². The average Bonchev–Trinajstić information content (AvgIpc) is 3.47. The average molecular weight is 622 g/mol. The second-order valence-electron chi connectivity index (χ2n) is 10.2. The molecule has 0 aliphatic rings. The number of nitrogens with zero attached hydrogens (tertiary/aromatic N) is 5. The first-order valence-corrected chi connectivity index (χ1v) is 14.9. The van der Waals surface area contributed by atoms with Crippen molar-refractivity contribution in [2.24, 2.45) is 0 Å². The Labute approximate surface area is 260 Å². The fraction of sp³-hybridized carbons (Fsp3) is 0.152. The van der Waals surface area contributed by atoms with E-state index >= 15 is 0 Å². The first kappa shape index (κ1) is 29.0. The maximum Gasteiger partial charge on any atom is 0.337 e. The van der Waals surface area contributed by atoms with Crippen molar-refractivity contribution in [2.45, 2.75) is 27.3 Å². The van der Waals surface area contributed by atoms with E-state index in [1.54, 1.807) is 55.8 Å². The van der Waals surface area contributed by atoms with Gasteiger partial charge >= 0.3 is 5.97 Å². The molecule has 0 spiro atoms. The lowest BCUT2D eigenvalue weighted by molar-refractivity contribution is 0.0699. The number of hydrogen-bond acceptors (Lipinski definition) is 8. The molecule has 44 heavy (non-hydrogen) atoms. The Bertz CT molecular complexity index is 2220. The lowest BCUT2D eigenvalue weighted by Gasteiger charge is -2.16. The molecule has 0 saturated heterocycles. The van der Waals surface area contributed by atoms with Crippen LogP contribution in [0, 0.1) is 32.1 Å². The van der Waals surface area contributed by atoms with Crippen LogP contribution in [0.25, 0.3) is 43.5 Å². The molecule has 0 aliphatic carbocycles. The van der Waals surface area contributed by atoms with E-state index in [4.69, 9.17) is 16.3 Å². The molecular formula is C33H24ClN5O4S. The summed E-state index contributed by atoms with van der Waals surface area (Å²) < 4.78 is 8.59. The van der Waals surface area contributed by atoms with Crippen molar-refractivity contribution in [3.8, 4) is 34.3 Å². The number of ether oxygens (including phenoxy) is 1. The van der Waals surface area contributed by atoms with Crippen LogP contribution in [0.4, 0.5) is 0 Å². The first-order valence-electron chi connectivity index (χ1n) is 13.6. The van der Waals surface area contributed by atoms with Crippen LogP contribution in [0.15, 0.2) is 64.9 Å². The molecule has 0 unspecified atom stereocenters. The lowest BCUT2D eigenvalue weighted by Crippen LogP contribution is -2.27. The Morgan fingerprint density at radius 1 is 1.09 bits per heavy atom. The summed E-state index contributed by atoms with van der Waals surface area (Å²) in [6, 6.07) is 16.5. The van der Waals surface area contributed by atoms with Gasteiger partial charge in [-0.05, 0) is 62.2 Å². The molecule has 4 heterocycles. The van der Waals surface area contributed by atoms with Gasteiger partial charge < -0.3 is 9.84 Å². The number of hydrogen-bond donors (Lipinski definition) is 1. The second-order valence-corrected chi connectivity index (χ2v) is 11.5. The van der Waals surface area contributed by atoms with Gasteiger partial charge in [0, 0.05) is 37.8 Å². The van der Waals surface area contributed by atoms with Crippen molar-refractivity contribution in [3.05, 3.63) is 104 Å². The van der Waals surface area contributed by atoms with Gasteiger partial charge in [0.25, 0.3) is 5.56 Å². The van der Waals surface area contributed by atoms with E-state index in [9.17, 15) is 20.0 Å². The standard InChI is InChI=1S/C33H24ClN5O4S/c1-17-7-9-21(31-27(17)23(16-44-31)33(41)42)22-14-20(34)8-10-26(22)43-13-12-39-19(3)37-30-25(15-35)38-29(18(2)28(30)32(39)40)24-6-4-5-11-36-24/h4-11,14,16H,12-13H2,1-3H3,(H,41,42). The number of aromatic carboxylic acids is 1. The van der Waals surface area contributed by atoms with Crippen molar-refractivity contribution in [1.82, 2.24) is 19.5 Å². The predicted octanol–water partition coefficient (Wildman–Crippen LogP) is 6.96. The van der Waals surface area contributed by atoms with Crippen LogP contribution in [0.5, 0.6) is 5.75 Å². The topological polar surface area (TPSA) is 131 Å². The third-order valence-electron chi connectivity index (χ3n) is 7.52. The van der Waals surface area contributed by atoms with Gasteiger partial charge in [-0.25, -0.2) is 14.8 Å². The largest absolute Gasteiger partial charge is 0.491 e. The fourth-order valence-corrected chi connectivity index (χ4v) is 6.72. The predicted molar refractivity (Wildman–Crippen MR) is 171 cm³/mol. The SMILES string of the molecule is Cc1ccc(-c2cc(Cl)ccc2OCCn2c(C)nc3c(C#N)nc(-c4ccccn4)c(C)c3c2=O)c2scc(C(=O)O)c12. The third-order valence-corrected chi connectivity index (χ3v) is 8.76. The van der Waals surface area contributed by atoms with Crippen LogP contribution in [0.1, 0.15) is 33.0 Å². The number of rotatable bonds is 7.